The highest BCUT2D eigenvalue weighted by Crippen LogP contribution is 2.16. The fraction of sp³-hybridized carbons (Fsp3) is 0.500. The van der Waals surface area contributed by atoms with Gasteiger partial charge in [-0.2, -0.15) is 0 Å². The van der Waals surface area contributed by atoms with E-state index in [4.69, 9.17) is 0 Å². The summed E-state index contributed by atoms with van der Waals surface area (Å²) in [4.78, 5) is 16.6. The molecule has 0 radical (unpaired) electrons. The molecule has 112 valence electrons. The van der Waals surface area contributed by atoms with E-state index in [-0.39, 0.29) is 11.9 Å². The molecule has 2 heterocycles. The second-order valence-electron chi connectivity index (χ2n) is 5.45. The lowest BCUT2D eigenvalue weighted by Crippen LogP contribution is -2.41. The molecule has 0 spiro atoms. The predicted molar refractivity (Wildman–Crippen MR) is 83.1 cm³/mol. The van der Waals surface area contributed by atoms with E-state index in [1.165, 1.54) is 5.52 Å². The number of carbonyl (C=O) groups is 1. The molecule has 0 bridgehead atoms. The fourth-order valence-corrected chi connectivity index (χ4v) is 3.00. The monoisotopic (exact) mass is 286 g/mol. The maximum atomic E-state index is 12.0. The van der Waals surface area contributed by atoms with Crippen molar-refractivity contribution < 1.29 is 4.79 Å². The van der Waals surface area contributed by atoms with Gasteiger partial charge in [0.15, 0.2) is 0 Å². The van der Waals surface area contributed by atoms with Crippen LogP contribution < -0.4 is 10.6 Å². The van der Waals surface area contributed by atoms with Crippen molar-refractivity contribution in [1.29, 1.82) is 0 Å². The van der Waals surface area contributed by atoms with Gasteiger partial charge in [0.2, 0.25) is 5.91 Å². The van der Waals surface area contributed by atoms with Crippen molar-refractivity contribution in [1.82, 2.24) is 20.2 Å². The van der Waals surface area contributed by atoms with E-state index in [1.54, 1.807) is 0 Å². The first-order chi connectivity index (χ1) is 10.3. The van der Waals surface area contributed by atoms with Gasteiger partial charge in [-0.25, -0.2) is 4.98 Å². The molecule has 1 aliphatic heterocycles. The molecular weight excluding hydrogens is 264 g/mol. The van der Waals surface area contributed by atoms with Gasteiger partial charge in [-0.3, -0.25) is 4.79 Å². The second-order valence-corrected chi connectivity index (χ2v) is 5.45. The van der Waals surface area contributed by atoms with Crippen LogP contribution in [0.3, 0.4) is 0 Å². The molecule has 1 fully saturated rings. The molecule has 1 amide bonds. The molecule has 5 heteroatoms. The minimum Gasteiger partial charge on any atom is -0.354 e. The van der Waals surface area contributed by atoms with Crippen molar-refractivity contribution >= 4 is 16.9 Å². The molecule has 0 saturated carbocycles. The Kier molecular flexibility index (Phi) is 4.20. The van der Waals surface area contributed by atoms with Crippen molar-refractivity contribution in [2.24, 2.45) is 0 Å². The third-order valence-electron chi connectivity index (χ3n) is 4.07. The van der Waals surface area contributed by atoms with Crippen molar-refractivity contribution in [3.8, 4) is 0 Å². The Labute approximate surface area is 124 Å². The van der Waals surface area contributed by atoms with Gasteiger partial charge in [0.25, 0.3) is 0 Å². The number of hydrogen-bond acceptors (Lipinski definition) is 3. The fourth-order valence-electron chi connectivity index (χ4n) is 3.00. The maximum Gasteiger partial charge on any atom is 0.237 e. The molecule has 21 heavy (non-hydrogen) atoms. The zero-order chi connectivity index (χ0) is 14.7. The van der Waals surface area contributed by atoms with Crippen LogP contribution in [-0.2, 0) is 17.8 Å². The first-order valence-electron chi connectivity index (χ1n) is 7.75. The highest BCUT2D eigenvalue weighted by atomic mass is 16.2. The molecule has 1 atom stereocenters. The van der Waals surface area contributed by atoms with Crippen LogP contribution in [0.4, 0.5) is 0 Å². The topological polar surface area (TPSA) is 59.0 Å². The summed E-state index contributed by atoms with van der Waals surface area (Å²) in [6.07, 6.45) is 2.80. The lowest BCUT2D eigenvalue weighted by atomic mass is 10.2. The number of aryl methyl sites for hydroxylation is 1. The quantitative estimate of drug-likeness (QED) is 0.875. The van der Waals surface area contributed by atoms with E-state index in [0.717, 1.165) is 43.7 Å². The average molecular weight is 286 g/mol. The number of imidazole rings is 1. The Bertz CT molecular complexity index is 628. The summed E-state index contributed by atoms with van der Waals surface area (Å²) in [6, 6.07) is 8.16. The van der Waals surface area contributed by atoms with Crippen molar-refractivity contribution in [2.75, 3.05) is 13.1 Å². The van der Waals surface area contributed by atoms with Gasteiger partial charge in [-0.1, -0.05) is 12.1 Å². The number of para-hydroxylation sites is 2. The average Bonchev–Trinajstić information content (AvgIpc) is 3.14. The Morgan fingerprint density at radius 1 is 1.48 bits per heavy atom. The van der Waals surface area contributed by atoms with Crippen LogP contribution in [0.2, 0.25) is 0 Å². The van der Waals surface area contributed by atoms with Crippen LogP contribution in [0, 0.1) is 0 Å². The maximum absolute atomic E-state index is 12.0. The van der Waals surface area contributed by atoms with Gasteiger partial charge in [0, 0.05) is 19.5 Å². The molecule has 3 rings (SSSR count). The molecule has 5 nitrogen and oxygen atoms in total. The lowest BCUT2D eigenvalue weighted by molar-refractivity contribution is -0.122. The second kappa shape index (κ2) is 6.26. The summed E-state index contributed by atoms with van der Waals surface area (Å²) in [7, 11) is 0. The van der Waals surface area contributed by atoms with E-state index >= 15 is 0 Å². The van der Waals surface area contributed by atoms with Gasteiger partial charge in [0.05, 0.1) is 17.1 Å². The molecule has 0 unspecified atom stereocenters. The molecule has 1 saturated heterocycles. The van der Waals surface area contributed by atoms with Crippen LogP contribution >= 0.6 is 0 Å². The Morgan fingerprint density at radius 3 is 3.10 bits per heavy atom. The van der Waals surface area contributed by atoms with Crippen LogP contribution in [-0.4, -0.2) is 34.6 Å². The summed E-state index contributed by atoms with van der Waals surface area (Å²) >= 11 is 0. The largest absolute Gasteiger partial charge is 0.354 e. The summed E-state index contributed by atoms with van der Waals surface area (Å²) < 4.78 is 2.22. The number of aromatic nitrogens is 2. The Balaban J connectivity index is 1.63. The molecule has 1 aromatic heterocycles. The van der Waals surface area contributed by atoms with Gasteiger partial charge in [0.1, 0.15) is 5.82 Å². The molecule has 2 N–H and O–H groups in total. The van der Waals surface area contributed by atoms with Crippen LogP contribution in [0.1, 0.15) is 25.6 Å². The summed E-state index contributed by atoms with van der Waals surface area (Å²) in [6.45, 7) is 4.61. The predicted octanol–water partition coefficient (Wildman–Crippen LogP) is 1.47. The number of benzene rings is 1. The van der Waals surface area contributed by atoms with Crippen LogP contribution in [0.25, 0.3) is 11.0 Å². The SMILES string of the molecule is CCn1c(CCNC(=O)[C@@H]2CCCN2)nc2ccccc21. The summed E-state index contributed by atoms with van der Waals surface area (Å²) in [5.74, 6) is 1.16. The highest BCUT2D eigenvalue weighted by molar-refractivity contribution is 5.82. The molecule has 0 aliphatic carbocycles. The standard InChI is InChI=1S/C16H22N4O/c1-2-20-14-8-4-3-6-12(14)19-15(20)9-11-18-16(21)13-7-5-10-17-13/h3-4,6,8,13,17H,2,5,7,9-11H2,1H3,(H,18,21)/t13-/m0/s1. The van der Waals surface area contributed by atoms with E-state index < -0.39 is 0 Å². The van der Waals surface area contributed by atoms with E-state index in [0.29, 0.717) is 6.54 Å². The van der Waals surface area contributed by atoms with Crippen molar-refractivity contribution in [2.45, 2.75) is 38.8 Å². The van der Waals surface area contributed by atoms with Gasteiger partial charge in [-0.05, 0) is 38.4 Å². The third kappa shape index (κ3) is 2.93. The van der Waals surface area contributed by atoms with E-state index in [9.17, 15) is 4.79 Å². The highest BCUT2D eigenvalue weighted by Gasteiger charge is 2.21. The van der Waals surface area contributed by atoms with E-state index in [2.05, 4.69) is 33.2 Å². The van der Waals surface area contributed by atoms with Crippen molar-refractivity contribution in [3.63, 3.8) is 0 Å². The molecule has 1 aromatic carbocycles. The molecular formula is C16H22N4O. The zero-order valence-corrected chi connectivity index (χ0v) is 12.4. The van der Waals surface area contributed by atoms with Crippen LogP contribution in [0.15, 0.2) is 24.3 Å². The smallest absolute Gasteiger partial charge is 0.237 e. The van der Waals surface area contributed by atoms with Gasteiger partial charge in [-0.15, -0.1) is 0 Å². The number of nitrogens with zero attached hydrogens (tertiary/aromatic N) is 2. The normalized spacial score (nSPS) is 18.2. The number of rotatable bonds is 5. The molecule has 1 aliphatic rings. The number of amides is 1. The lowest BCUT2D eigenvalue weighted by Gasteiger charge is -2.11. The van der Waals surface area contributed by atoms with Gasteiger partial charge >= 0.3 is 0 Å². The Morgan fingerprint density at radius 2 is 2.33 bits per heavy atom. The minimum atomic E-state index is -0.00464. The van der Waals surface area contributed by atoms with E-state index in [1.807, 2.05) is 18.2 Å². The number of hydrogen-bond donors (Lipinski definition) is 2. The molecule has 2 aromatic rings. The van der Waals surface area contributed by atoms with Crippen molar-refractivity contribution in [3.05, 3.63) is 30.1 Å². The summed E-state index contributed by atoms with van der Waals surface area (Å²) in [5.41, 5.74) is 2.19. The summed E-state index contributed by atoms with van der Waals surface area (Å²) in [5, 5.41) is 6.23. The Hall–Kier alpha value is -1.88. The first-order valence-corrected chi connectivity index (χ1v) is 7.75. The number of fused-ring (bicyclic) bond motifs is 1. The minimum absolute atomic E-state index is 0.00464. The number of nitrogens with one attached hydrogen (secondary N) is 2. The zero-order valence-electron chi connectivity index (χ0n) is 12.4. The van der Waals surface area contributed by atoms with Gasteiger partial charge < -0.3 is 15.2 Å². The van der Waals surface area contributed by atoms with Crippen LogP contribution in [0.5, 0.6) is 0 Å². The first kappa shape index (κ1) is 14.1. The third-order valence-corrected chi connectivity index (χ3v) is 4.07. The number of carbonyl (C=O) groups excluding carboxylic acids is 1.